The summed E-state index contributed by atoms with van der Waals surface area (Å²) < 4.78 is 7.11. The van der Waals surface area contributed by atoms with Crippen LogP contribution in [0.5, 0.6) is 5.75 Å². The molecule has 0 fully saturated rings. The molecule has 2 aromatic carbocycles. The van der Waals surface area contributed by atoms with E-state index in [0.717, 1.165) is 11.3 Å². The molecule has 4 rings (SSSR count). The number of benzene rings is 2. The van der Waals surface area contributed by atoms with Crippen LogP contribution >= 0.6 is 23.4 Å². The molecule has 1 amide bonds. The fourth-order valence-electron chi connectivity index (χ4n) is 3.54. The average molecular weight is 456 g/mol. The number of aromatic nitrogens is 3. The van der Waals surface area contributed by atoms with Gasteiger partial charge in [-0.05, 0) is 30.9 Å². The number of para-hydroxylation sites is 2. The van der Waals surface area contributed by atoms with Crippen LogP contribution in [0.2, 0.25) is 5.02 Å². The van der Waals surface area contributed by atoms with Crippen molar-refractivity contribution in [2.45, 2.75) is 25.0 Å². The highest BCUT2D eigenvalue weighted by atomic mass is 35.5. The first-order valence-corrected chi connectivity index (χ1v) is 11.2. The fourth-order valence-corrected chi connectivity index (χ4v) is 4.33. The molecule has 2 heterocycles. The van der Waals surface area contributed by atoms with Crippen LogP contribution in [0.1, 0.15) is 25.5 Å². The third-order valence-corrected chi connectivity index (χ3v) is 5.97. The van der Waals surface area contributed by atoms with Gasteiger partial charge in [-0.15, -0.1) is 5.10 Å². The van der Waals surface area contributed by atoms with Crippen molar-refractivity contribution in [3.8, 4) is 5.75 Å². The molecule has 0 spiro atoms. The molecule has 9 heteroatoms. The lowest BCUT2D eigenvalue weighted by Crippen LogP contribution is -2.31. The van der Waals surface area contributed by atoms with Crippen LogP contribution in [-0.4, -0.2) is 33.5 Å². The van der Waals surface area contributed by atoms with Crippen molar-refractivity contribution in [3.63, 3.8) is 0 Å². The van der Waals surface area contributed by atoms with Crippen LogP contribution in [0.4, 0.5) is 11.6 Å². The summed E-state index contributed by atoms with van der Waals surface area (Å²) in [6.07, 6.45) is 0. The Bertz CT molecular complexity index is 1160. The van der Waals surface area contributed by atoms with Gasteiger partial charge >= 0.3 is 0 Å². The van der Waals surface area contributed by atoms with Gasteiger partial charge in [0.25, 0.3) is 5.91 Å². The molecular weight excluding hydrogens is 434 g/mol. The molecule has 0 aliphatic carbocycles. The average Bonchev–Trinajstić information content (AvgIpc) is 3.15. The van der Waals surface area contributed by atoms with Gasteiger partial charge in [0.15, 0.2) is 0 Å². The second-order valence-electron chi connectivity index (χ2n) is 6.84. The molecule has 3 aromatic rings. The zero-order valence-corrected chi connectivity index (χ0v) is 18.9. The van der Waals surface area contributed by atoms with Gasteiger partial charge in [-0.1, -0.05) is 60.6 Å². The second-order valence-corrected chi connectivity index (χ2v) is 8.48. The van der Waals surface area contributed by atoms with Gasteiger partial charge in [0.1, 0.15) is 11.8 Å². The minimum atomic E-state index is -0.529. The molecule has 7 nitrogen and oxygen atoms in total. The van der Waals surface area contributed by atoms with Gasteiger partial charge in [-0.3, -0.25) is 4.79 Å². The molecule has 1 atom stereocenters. The Balaban J connectivity index is 1.80. The van der Waals surface area contributed by atoms with Gasteiger partial charge in [0.05, 0.1) is 18.4 Å². The van der Waals surface area contributed by atoms with E-state index in [2.05, 4.69) is 20.7 Å². The lowest BCUT2D eigenvalue weighted by atomic mass is 9.95. The third-order valence-electron chi connectivity index (χ3n) is 4.91. The van der Waals surface area contributed by atoms with E-state index >= 15 is 0 Å². The van der Waals surface area contributed by atoms with E-state index in [-0.39, 0.29) is 5.91 Å². The predicted octanol–water partition coefficient (Wildman–Crippen LogP) is 4.98. The molecule has 160 valence electrons. The van der Waals surface area contributed by atoms with Gasteiger partial charge in [-0.2, -0.15) is 4.98 Å². The number of thioether (sulfide) groups is 1. The molecule has 2 N–H and O–H groups in total. The van der Waals surface area contributed by atoms with Gasteiger partial charge in [-0.25, -0.2) is 4.68 Å². The summed E-state index contributed by atoms with van der Waals surface area (Å²) in [5, 5.41) is 12.0. The number of anilines is 2. The number of amides is 1. The van der Waals surface area contributed by atoms with E-state index < -0.39 is 6.04 Å². The lowest BCUT2D eigenvalue weighted by Gasteiger charge is -2.29. The molecule has 0 unspecified atom stereocenters. The highest BCUT2D eigenvalue weighted by molar-refractivity contribution is 7.99. The Morgan fingerprint density at radius 3 is 2.74 bits per heavy atom. The zero-order chi connectivity index (χ0) is 22.0. The van der Waals surface area contributed by atoms with E-state index in [4.69, 9.17) is 16.3 Å². The lowest BCUT2D eigenvalue weighted by molar-refractivity contribution is -0.113. The Labute approximate surface area is 189 Å². The summed E-state index contributed by atoms with van der Waals surface area (Å²) >= 11 is 8.09. The predicted molar refractivity (Wildman–Crippen MR) is 124 cm³/mol. The molecule has 1 aromatic heterocycles. The van der Waals surface area contributed by atoms with Crippen LogP contribution in [-0.2, 0) is 4.79 Å². The van der Waals surface area contributed by atoms with Crippen LogP contribution in [0.15, 0.2) is 65.0 Å². The van der Waals surface area contributed by atoms with E-state index in [0.29, 0.717) is 38.8 Å². The maximum Gasteiger partial charge on any atom is 0.255 e. The van der Waals surface area contributed by atoms with Crippen molar-refractivity contribution in [2.75, 3.05) is 23.5 Å². The number of nitrogens with one attached hydrogen (secondary N) is 2. The molecule has 0 saturated carbocycles. The standard InChI is InChI=1S/C22H22ClN5O2S/c1-4-31-22-26-21-24-13(2)18(20(29)25-16-11-7-8-12-17(16)30-3)19(28(21)27-22)14-9-5-6-10-15(14)23/h5-12,19H,4H2,1-3H3,(H,25,29)(H,24,26,27)/t19-/m1/s1. The molecular formula is C22H22ClN5O2S. The number of fused-ring (bicyclic) bond motifs is 1. The Morgan fingerprint density at radius 2 is 2.00 bits per heavy atom. The number of halogens is 1. The fraction of sp³-hybridized carbons (Fsp3) is 0.227. The first-order valence-electron chi connectivity index (χ1n) is 9.79. The Kier molecular flexibility index (Phi) is 6.20. The summed E-state index contributed by atoms with van der Waals surface area (Å²) in [7, 11) is 1.57. The maximum atomic E-state index is 13.5. The molecule has 1 aliphatic heterocycles. The third kappa shape index (κ3) is 4.13. The van der Waals surface area contributed by atoms with Crippen molar-refractivity contribution < 1.29 is 9.53 Å². The number of methoxy groups -OCH3 is 1. The van der Waals surface area contributed by atoms with Crippen LogP contribution in [0, 0.1) is 0 Å². The monoisotopic (exact) mass is 455 g/mol. The maximum absolute atomic E-state index is 13.5. The van der Waals surface area contributed by atoms with E-state index in [9.17, 15) is 4.79 Å². The minimum absolute atomic E-state index is 0.273. The molecule has 0 bridgehead atoms. The summed E-state index contributed by atoms with van der Waals surface area (Å²) in [5.74, 6) is 1.72. The molecule has 0 radical (unpaired) electrons. The van der Waals surface area contributed by atoms with Crippen LogP contribution in [0.25, 0.3) is 0 Å². The first kappa shape index (κ1) is 21.3. The normalized spacial score (nSPS) is 15.3. The number of hydrogen-bond acceptors (Lipinski definition) is 6. The molecule has 1 aliphatic rings. The zero-order valence-electron chi connectivity index (χ0n) is 17.3. The number of allylic oxidation sites excluding steroid dienone is 1. The number of rotatable bonds is 6. The van der Waals surface area contributed by atoms with Gasteiger partial charge < -0.3 is 15.4 Å². The van der Waals surface area contributed by atoms with Gasteiger partial charge in [0.2, 0.25) is 11.1 Å². The highest BCUT2D eigenvalue weighted by Gasteiger charge is 2.35. The van der Waals surface area contributed by atoms with Crippen LogP contribution in [0.3, 0.4) is 0 Å². The Hall–Kier alpha value is -2.97. The summed E-state index contributed by atoms with van der Waals surface area (Å²) in [4.78, 5) is 18.1. The topological polar surface area (TPSA) is 81.1 Å². The molecule has 31 heavy (non-hydrogen) atoms. The van der Waals surface area contributed by atoms with Crippen molar-refractivity contribution in [1.29, 1.82) is 0 Å². The second kappa shape index (κ2) is 9.03. The van der Waals surface area contributed by atoms with Crippen molar-refractivity contribution in [1.82, 2.24) is 14.8 Å². The first-order chi connectivity index (χ1) is 15.0. The Morgan fingerprint density at radius 1 is 1.26 bits per heavy atom. The van der Waals surface area contributed by atoms with Crippen molar-refractivity contribution in [3.05, 3.63) is 70.4 Å². The van der Waals surface area contributed by atoms with E-state index in [1.165, 1.54) is 11.8 Å². The van der Waals surface area contributed by atoms with Crippen LogP contribution < -0.4 is 15.4 Å². The van der Waals surface area contributed by atoms with Crippen molar-refractivity contribution in [2.24, 2.45) is 0 Å². The molecule has 0 saturated heterocycles. The smallest absolute Gasteiger partial charge is 0.255 e. The van der Waals surface area contributed by atoms with E-state index in [1.807, 2.05) is 50.2 Å². The number of carbonyl (C=O) groups is 1. The SMILES string of the molecule is CCSc1nc2n(n1)[C@H](c1ccccc1Cl)C(C(=O)Nc1ccccc1OC)=C(C)N2. The number of nitrogens with zero attached hydrogens (tertiary/aromatic N) is 3. The number of carbonyl (C=O) groups excluding carboxylic acids is 1. The quantitative estimate of drug-likeness (QED) is 0.510. The number of ether oxygens (including phenoxy) is 1. The highest BCUT2D eigenvalue weighted by Crippen LogP contribution is 2.39. The van der Waals surface area contributed by atoms with Crippen molar-refractivity contribution >= 4 is 40.9 Å². The summed E-state index contributed by atoms with van der Waals surface area (Å²) in [6.45, 7) is 3.89. The summed E-state index contributed by atoms with van der Waals surface area (Å²) in [6, 6.07) is 14.2. The largest absolute Gasteiger partial charge is 0.495 e. The minimum Gasteiger partial charge on any atom is -0.495 e. The summed E-state index contributed by atoms with van der Waals surface area (Å²) in [5.41, 5.74) is 2.55. The van der Waals surface area contributed by atoms with Gasteiger partial charge in [0, 0.05) is 16.3 Å². The number of hydrogen-bond donors (Lipinski definition) is 2. The van der Waals surface area contributed by atoms with E-state index in [1.54, 1.807) is 23.9 Å².